The molecule has 1 heterocycles. The summed E-state index contributed by atoms with van der Waals surface area (Å²) < 4.78 is 2.18. The van der Waals surface area contributed by atoms with Crippen molar-refractivity contribution in [3.63, 3.8) is 0 Å². The summed E-state index contributed by atoms with van der Waals surface area (Å²) in [5.41, 5.74) is 2.65. The average molecular weight is 217 g/mol. The van der Waals surface area contributed by atoms with Gasteiger partial charge in [-0.15, -0.1) is 0 Å². The van der Waals surface area contributed by atoms with Crippen molar-refractivity contribution in [1.29, 1.82) is 0 Å². The Labute approximate surface area is 96.5 Å². The van der Waals surface area contributed by atoms with E-state index in [0.29, 0.717) is 0 Å². The lowest BCUT2D eigenvalue weighted by Gasteiger charge is -2.20. The van der Waals surface area contributed by atoms with Gasteiger partial charge in [0, 0.05) is 17.4 Å². The number of nitrogens with zero attached hydrogens (tertiary/aromatic N) is 1. The zero-order valence-electron chi connectivity index (χ0n) is 10.4. The topological polar surface area (TPSA) is 25.2 Å². The second-order valence-electron chi connectivity index (χ2n) is 4.90. The van der Waals surface area contributed by atoms with Gasteiger partial charge in [-0.1, -0.05) is 11.6 Å². The van der Waals surface area contributed by atoms with Gasteiger partial charge in [0.25, 0.3) is 0 Å². The lowest BCUT2D eigenvalue weighted by molar-refractivity contribution is 0.0704. The molecule has 2 heteroatoms. The number of hydrogen-bond donors (Lipinski definition) is 1. The number of fused-ring (bicyclic) bond motifs is 1. The number of aryl methyl sites for hydroxylation is 2. The van der Waals surface area contributed by atoms with Crippen molar-refractivity contribution in [2.24, 2.45) is 0 Å². The molecule has 0 fully saturated rings. The van der Waals surface area contributed by atoms with Gasteiger partial charge in [0.1, 0.15) is 0 Å². The molecule has 0 unspecified atom stereocenters. The number of benzene rings is 1. The monoisotopic (exact) mass is 217 g/mol. The van der Waals surface area contributed by atoms with Crippen LogP contribution in [0.2, 0.25) is 0 Å². The molecule has 0 saturated carbocycles. The van der Waals surface area contributed by atoms with Gasteiger partial charge < -0.3 is 9.67 Å². The SMILES string of the molecule is CCn1c(C(C)(C)O)cc2cc(C)ccc21. The Bertz CT molecular complexity index is 517. The number of rotatable bonds is 2. The van der Waals surface area contributed by atoms with E-state index in [4.69, 9.17) is 0 Å². The van der Waals surface area contributed by atoms with Crippen LogP contribution >= 0.6 is 0 Å². The first-order valence-corrected chi connectivity index (χ1v) is 5.76. The number of hydrogen-bond acceptors (Lipinski definition) is 1. The van der Waals surface area contributed by atoms with Crippen molar-refractivity contribution in [2.75, 3.05) is 0 Å². The van der Waals surface area contributed by atoms with E-state index >= 15 is 0 Å². The maximum Gasteiger partial charge on any atom is 0.0989 e. The highest BCUT2D eigenvalue weighted by molar-refractivity contribution is 5.82. The molecule has 2 aromatic rings. The van der Waals surface area contributed by atoms with Crippen LogP contribution in [-0.4, -0.2) is 9.67 Å². The summed E-state index contributed by atoms with van der Waals surface area (Å²) in [7, 11) is 0. The van der Waals surface area contributed by atoms with E-state index in [1.807, 2.05) is 13.8 Å². The van der Waals surface area contributed by atoms with Crippen molar-refractivity contribution in [1.82, 2.24) is 4.57 Å². The van der Waals surface area contributed by atoms with E-state index in [2.05, 4.69) is 42.7 Å². The molecule has 1 N–H and O–H groups in total. The van der Waals surface area contributed by atoms with E-state index in [1.165, 1.54) is 16.5 Å². The van der Waals surface area contributed by atoms with Gasteiger partial charge in [0.2, 0.25) is 0 Å². The maximum atomic E-state index is 10.2. The van der Waals surface area contributed by atoms with Gasteiger partial charge in [-0.25, -0.2) is 0 Å². The van der Waals surface area contributed by atoms with Gasteiger partial charge in [-0.05, 0) is 45.9 Å². The van der Waals surface area contributed by atoms with Crippen molar-refractivity contribution in [3.8, 4) is 0 Å². The second kappa shape index (κ2) is 3.63. The van der Waals surface area contributed by atoms with E-state index in [-0.39, 0.29) is 0 Å². The molecule has 0 bridgehead atoms. The summed E-state index contributed by atoms with van der Waals surface area (Å²) in [6.45, 7) is 8.74. The minimum atomic E-state index is -0.789. The molecule has 2 rings (SSSR count). The van der Waals surface area contributed by atoms with Crippen molar-refractivity contribution < 1.29 is 5.11 Å². The Morgan fingerprint density at radius 2 is 1.94 bits per heavy atom. The first kappa shape index (κ1) is 11.2. The van der Waals surface area contributed by atoms with E-state index in [1.54, 1.807) is 0 Å². The summed E-state index contributed by atoms with van der Waals surface area (Å²) in [5, 5.41) is 11.4. The predicted octanol–water partition coefficient (Wildman–Crippen LogP) is 3.20. The minimum absolute atomic E-state index is 0.789. The fourth-order valence-electron chi connectivity index (χ4n) is 2.24. The summed E-state index contributed by atoms with van der Waals surface area (Å²) >= 11 is 0. The van der Waals surface area contributed by atoms with Gasteiger partial charge in [-0.3, -0.25) is 0 Å². The molecule has 0 aliphatic carbocycles. The fraction of sp³-hybridized carbons (Fsp3) is 0.429. The van der Waals surface area contributed by atoms with Crippen LogP contribution in [0.5, 0.6) is 0 Å². The normalized spacial score (nSPS) is 12.3. The highest BCUT2D eigenvalue weighted by atomic mass is 16.3. The summed E-state index contributed by atoms with van der Waals surface area (Å²) in [4.78, 5) is 0. The Morgan fingerprint density at radius 3 is 2.50 bits per heavy atom. The van der Waals surface area contributed by atoms with Crippen LogP contribution < -0.4 is 0 Å². The van der Waals surface area contributed by atoms with Crippen LogP contribution in [0.1, 0.15) is 32.0 Å². The highest BCUT2D eigenvalue weighted by Gasteiger charge is 2.21. The molecule has 0 atom stereocenters. The smallest absolute Gasteiger partial charge is 0.0989 e. The summed E-state index contributed by atoms with van der Waals surface area (Å²) in [6, 6.07) is 8.49. The number of aromatic nitrogens is 1. The van der Waals surface area contributed by atoms with Crippen LogP contribution in [0, 0.1) is 6.92 Å². The van der Waals surface area contributed by atoms with E-state index in [9.17, 15) is 5.11 Å². The molecule has 0 aliphatic heterocycles. The Kier molecular flexibility index (Phi) is 2.55. The van der Waals surface area contributed by atoms with Crippen LogP contribution in [0.4, 0.5) is 0 Å². The Balaban J connectivity index is 2.76. The molecule has 0 aliphatic rings. The molecule has 1 aromatic carbocycles. The molecular formula is C14H19NO. The zero-order valence-corrected chi connectivity index (χ0v) is 10.4. The fourth-order valence-corrected chi connectivity index (χ4v) is 2.24. The lowest BCUT2D eigenvalue weighted by Crippen LogP contribution is -2.20. The van der Waals surface area contributed by atoms with Gasteiger partial charge in [-0.2, -0.15) is 0 Å². The predicted molar refractivity (Wildman–Crippen MR) is 67.6 cm³/mol. The second-order valence-corrected chi connectivity index (χ2v) is 4.90. The van der Waals surface area contributed by atoms with Crippen LogP contribution in [-0.2, 0) is 12.1 Å². The molecule has 0 radical (unpaired) electrons. The molecule has 0 amide bonds. The van der Waals surface area contributed by atoms with Gasteiger partial charge >= 0.3 is 0 Å². The average Bonchev–Trinajstić information content (AvgIpc) is 2.54. The van der Waals surface area contributed by atoms with Crippen LogP contribution in [0.3, 0.4) is 0 Å². The maximum absolute atomic E-state index is 10.2. The number of aliphatic hydroxyl groups is 1. The van der Waals surface area contributed by atoms with E-state index < -0.39 is 5.60 Å². The quantitative estimate of drug-likeness (QED) is 0.821. The molecule has 0 spiro atoms. The molecule has 0 saturated heterocycles. The highest BCUT2D eigenvalue weighted by Crippen LogP contribution is 2.28. The first-order chi connectivity index (χ1) is 7.43. The molecule has 2 nitrogen and oxygen atoms in total. The standard InChI is InChI=1S/C14H19NO/c1-5-15-12-7-6-10(2)8-11(12)9-13(15)14(3,4)16/h6-9,16H,5H2,1-4H3. The van der Waals surface area contributed by atoms with Gasteiger partial charge in [0.05, 0.1) is 11.3 Å². The minimum Gasteiger partial charge on any atom is -0.384 e. The van der Waals surface area contributed by atoms with Crippen LogP contribution in [0.15, 0.2) is 24.3 Å². The Morgan fingerprint density at radius 1 is 1.25 bits per heavy atom. The molecule has 1 aromatic heterocycles. The van der Waals surface area contributed by atoms with Gasteiger partial charge in [0.15, 0.2) is 0 Å². The van der Waals surface area contributed by atoms with E-state index in [0.717, 1.165) is 12.2 Å². The molecular weight excluding hydrogens is 198 g/mol. The zero-order chi connectivity index (χ0) is 11.9. The first-order valence-electron chi connectivity index (χ1n) is 5.76. The lowest BCUT2D eigenvalue weighted by atomic mass is 10.1. The third-order valence-electron chi connectivity index (χ3n) is 3.00. The van der Waals surface area contributed by atoms with Crippen molar-refractivity contribution in [3.05, 3.63) is 35.5 Å². The molecule has 16 heavy (non-hydrogen) atoms. The van der Waals surface area contributed by atoms with Crippen LogP contribution in [0.25, 0.3) is 10.9 Å². The summed E-state index contributed by atoms with van der Waals surface area (Å²) in [5.74, 6) is 0. The van der Waals surface area contributed by atoms with Crippen molar-refractivity contribution in [2.45, 2.75) is 39.8 Å². The molecule has 86 valence electrons. The van der Waals surface area contributed by atoms with Crippen molar-refractivity contribution >= 4 is 10.9 Å². The summed E-state index contributed by atoms with van der Waals surface area (Å²) in [6.07, 6.45) is 0. The third-order valence-corrected chi connectivity index (χ3v) is 3.00. The third kappa shape index (κ3) is 1.74. The largest absolute Gasteiger partial charge is 0.384 e. The Hall–Kier alpha value is -1.28.